The summed E-state index contributed by atoms with van der Waals surface area (Å²) in [6.07, 6.45) is 0. The summed E-state index contributed by atoms with van der Waals surface area (Å²) in [6.45, 7) is 2.48. The number of nitrogens with two attached hydrogens (primary N) is 1. The van der Waals surface area contributed by atoms with Gasteiger partial charge < -0.3 is 25.4 Å². The molecule has 4 N–H and O–H groups in total. The monoisotopic (exact) mass is 370 g/mol. The van der Waals surface area contributed by atoms with Gasteiger partial charge in [0.2, 0.25) is 0 Å². The number of nitrogen functional groups attached to an aromatic ring is 1. The highest BCUT2D eigenvalue weighted by Gasteiger charge is 2.23. The molecule has 0 aliphatic carbocycles. The first-order valence-corrected chi connectivity index (χ1v) is 8.60. The number of nitrogens with one attached hydrogen (secondary N) is 2. The van der Waals surface area contributed by atoms with Crippen molar-refractivity contribution in [2.45, 2.75) is 13.0 Å². The minimum absolute atomic E-state index is 0.00629. The SMILES string of the molecule is CCOc1ccc(C(Nc2ccc(C(=N)N)cc2)C(=O)OC)cc1N(C)C. The van der Waals surface area contributed by atoms with Crippen LogP contribution in [0.15, 0.2) is 42.5 Å². The molecule has 0 bridgehead atoms. The van der Waals surface area contributed by atoms with Crippen molar-refractivity contribution in [2.75, 3.05) is 38.0 Å². The van der Waals surface area contributed by atoms with E-state index in [-0.39, 0.29) is 5.84 Å². The van der Waals surface area contributed by atoms with Gasteiger partial charge in [-0.25, -0.2) is 4.79 Å². The third-order valence-electron chi connectivity index (χ3n) is 4.04. The standard InChI is InChI=1S/C20H26N4O3/c1-5-27-17-11-8-14(12-16(17)24(2)3)18(20(25)26-4)23-15-9-6-13(7-10-15)19(21)22/h6-12,18,23H,5H2,1-4H3,(H3,21,22). The molecule has 0 aliphatic rings. The van der Waals surface area contributed by atoms with Gasteiger partial charge >= 0.3 is 5.97 Å². The Morgan fingerprint density at radius 1 is 1.22 bits per heavy atom. The highest BCUT2D eigenvalue weighted by molar-refractivity contribution is 5.95. The van der Waals surface area contributed by atoms with E-state index in [4.69, 9.17) is 20.6 Å². The molecule has 2 aromatic rings. The van der Waals surface area contributed by atoms with Gasteiger partial charge in [-0.3, -0.25) is 5.41 Å². The topological polar surface area (TPSA) is 101 Å². The second-order valence-corrected chi connectivity index (χ2v) is 6.15. The van der Waals surface area contributed by atoms with Gasteiger partial charge in [-0.05, 0) is 48.9 Å². The number of amidine groups is 1. The van der Waals surface area contributed by atoms with Crippen molar-refractivity contribution in [2.24, 2.45) is 5.73 Å². The van der Waals surface area contributed by atoms with Gasteiger partial charge in [-0.2, -0.15) is 0 Å². The predicted molar refractivity (Wildman–Crippen MR) is 108 cm³/mol. The van der Waals surface area contributed by atoms with Crippen molar-refractivity contribution in [1.29, 1.82) is 5.41 Å². The van der Waals surface area contributed by atoms with E-state index >= 15 is 0 Å². The molecule has 2 rings (SSSR count). The highest BCUT2D eigenvalue weighted by Crippen LogP contribution is 2.32. The second kappa shape index (κ2) is 8.93. The van der Waals surface area contributed by atoms with E-state index < -0.39 is 12.0 Å². The Hall–Kier alpha value is -3.22. The minimum atomic E-state index is -0.687. The van der Waals surface area contributed by atoms with E-state index in [1.165, 1.54) is 7.11 Å². The van der Waals surface area contributed by atoms with Crippen LogP contribution in [0, 0.1) is 5.41 Å². The van der Waals surface area contributed by atoms with Crippen molar-refractivity contribution in [3.05, 3.63) is 53.6 Å². The molecule has 144 valence electrons. The van der Waals surface area contributed by atoms with Crippen molar-refractivity contribution in [3.63, 3.8) is 0 Å². The molecule has 0 fully saturated rings. The number of carbonyl (C=O) groups is 1. The van der Waals surface area contributed by atoms with Gasteiger partial charge in [0.15, 0.2) is 6.04 Å². The van der Waals surface area contributed by atoms with Gasteiger partial charge in [0.05, 0.1) is 19.4 Å². The first kappa shape index (κ1) is 20.1. The minimum Gasteiger partial charge on any atom is -0.492 e. The molecule has 2 aromatic carbocycles. The molecule has 0 heterocycles. The van der Waals surface area contributed by atoms with Crippen molar-refractivity contribution in [3.8, 4) is 5.75 Å². The molecule has 7 nitrogen and oxygen atoms in total. The Morgan fingerprint density at radius 2 is 1.89 bits per heavy atom. The lowest BCUT2D eigenvalue weighted by Gasteiger charge is -2.22. The van der Waals surface area contributed by atoms with E-state index in [1.807, 2.05) is 44.1 Å². The van der Waals surface area contributed by atoms with Crippen molar-refractivity contribution in [1.82, 2.24) is 0 Å². The van der Waals surface area contributed by atoms with Crippen LogP contribution in [-0.4, -0.2) is 39.6 Å². The number of hydrogen-bond donors (Lipinski definition) is 3. The fraction of sp³-hybridized carbons (Fsp3) is 0.300. The maximum Gasteiger partial charge on any atom is 0.332 e. The van der Waals surface area contributed by atoms with Crippen LogP contribution in [0.1, 0.15) is 24.1 Å². The number of hydrogen-bond acceptors (Lipinski definition) is 6. The molecule has 0 saturated carbocycles. The lowest BCUT2D eigenvalue weighted by atomic mass is 10.0. The summed E-state index contributed by atoms with van der Waals surface area (Å²) in [4.78, 5) is 14.3. The van der Waals surface area contributed by atoms with Crippen LogP contribution in [0.25, 0.3) is 0 Å². The van der Waals surface area contributed by atoms with Gasteiger partial charge in [0.1, 0.15) is 11.6 Å². The number of ether oxygens (including phenoxy) is 2. The van der Waals surface area contributed by atoms with Crippen LogP contribution >= 0.6 is 0 Å². The number of carbonyl (C=O) groups excluding carboxylic acids is 1. The number of benzene rings is 2. The van der Waals surface area contributed by atoms with Crippen LogP contribution in [0.5, 0.6) is 5.75 Å². The first-order valence-electron chi connectivity index (χ1n) is 8.60. The Morgan fingerprint density at radius 3 is 2.41 bits per heavy atom. The van der Waals surface area contributed by atoms with E-state index in [1.54, 1.807) is 24.3 Å². The summed E-state index contributed by atoms with van der Waals surface area (Å²) in [5.41, 5.74) is 8.44. The fourth-order valence-corrected chi connectivity index (χ4v) is 2.65. The summed E-state index contributed by atoms with van der Waals surface area (Å²) in [5, 5.41) is 10.6. The molecule has 27 heavy (non-hydrogen) atoms. The number of methoxy groups -OCH3 is 1. The first-order chi connectivity index (χ1) is 12.9. The number of rotatable bonds is 8. The van der Waals surface area contributed by atoms with E-state index in [0.717, 1.165) is 22.7 Å². The average Bonchev–Trinajstić information content (AvgIpc) is 2.66. The van der Waals surface area contributed by atoms with E-state index in [0.29, 0.717) is 12.2 Å². The number of esters is 1. The Labute approximate surface area is 159 Å². The second-order valence-electron chi connectivity index (χ2n) is 6.15. The molecule has 7 heteroatoms. The van der Waals surface area contributed by atoms with Crippen molar-refractivity contribution >= 4 is 23.2 Å². The largest absolute Gasteiger partial charge is 0.492 e. The zero-order chi connectivity index (χ0) is 20.0. The Kier molecular flexibility index (Phi) is 6.65. The third-order valence-corrected chi connectivity index (χ3v) is 4.04. The summed E-state index contributed by atoms with van der Waals surface area (Å²) >= 11 is 0. The molecular formula is C20H26N4O3. The fourth-order valence-electron chi connectivity index (χ4n) is 2.65. The zero-order valence-corrected chi connectivity index (χ0v) is 16.1. The molecule has 0 amide bonds. The van der Waals surface area contributed by atoms with Crippen molar-refractivity contribution < 1.29 is 14.3 Å². The van der Waals surface area contributed by atoms with Crippen LogP contribution in [0.4, 0.5) is 11.4 Å². The summed E-state index contributed by atoms with van der Waals surface area (Å²) in [7, 11) is 5.20. The molecule has 0 spiro atoms. The Balaban J connectivity index is 2.37. The molecule has 0 radical (unpaired) electrons. The van der Waals surface area contributed by atoms with Crippen LogP contribution in [0.3, 0.4) is 0 Å². The smallest absolute Gasteiger partial charge is 0.332 e. The third kappa shape index (κ3) is 4.91. The van der Waals surface area contributed by atoms with Gasteiger partial charge in [0.25, 0.3) is 0 Å². The normalized spacial score (nSPS) is 11.4. The maximum absolute atomic E-state index is 12.4. The number of nitrogens with zero attached hydrogens (tertiary/aromatic N) is 1. The summed E-state index contributed by atoms with van der Waals surface area (Å²) < 4.78 is 10.6. The summed E-state index contributed by atoms with van der Waals surface area (Å²) in [5.74, 6) is 0.341. The quantitative estimate of drug-likeness (QED) is 0.375. The molecule has 1 atom stereocenters. The maximum atomic E-state index is 12.4. The lowest BCUT2D eigenvalue weighted by molar-refractivity contribution is -0.141. The van der Waals surface area contributed by atoms with Crippen LogP contribution in [-0.2, 0) is 9.53 Å². The van der Waals surface area contributed by atoms with Crippen LogP contribution < -0.4 is 20.7 Å². The Bertz CT molecular complexity index is 803. The summed E-state index contributed by atoms with van der Waals surface area (Å²) in [6, 6.07) is 11.9. The zero-order valence-electron chi connectivity index (χ0n) is 16.1. The highest BCUT2D eigenvalue weighted by atomic mass is 16.5. The molecule has 1 unspecified atom stereocenters. The average molecular weight is 370 g/mol. The molecular weight excluding hydrogens is 344 g/mol. The predicted octanol–water partition coefficient (Wildman–Crippen LogP) is 2.76. The van der Waals surface area contributed by atoms with Gasteiger partial charge in [-0.1, -0.05) is 6.07 Å². The van der Waals surface area contributed by atoms with Gasteiger partial charge in [-0.15, -0.1) is 0 Å². The van der Waals surface area contributed by atoms with E-state index in [9.17, 15) is 4.79 Å². The molecule has 0 saturated heterocycles. The molecule has 0 aliphatic heterocycles. The molecule has 0 aromatic heterocycles. The lowest BCUT2D eigenvalue weighted by Crippen LogP contribution is -2.23. The number of anilines is 2. The van der Waals surface area contributed by atoms with E-state index in [2.05, 4.69) is 5.32 Å². The van der Waals surface area contributed by atoms with Gasteiger partial charge in [0, 0.05) is 25.3 Å². The van der Waals surface area contributed by atoms with Crippen LogP contribution in [0.2, 0.25) is 0 Å².